The third-order valence-electron chi connectivity index (χ3n) is 6.28. The Morgan fingerprint density at radius 3 is 1.76 bits per heavy atom. The van der Waals surface area contributed by atoms with Crippen molar-refractivity contribution in [2.24, 2.45) is 10.8 Å². The Morgan fingerprint density at radius 1 is 0.793 bits per heavy atom. The molecule has 1 rings (SSSR count). The maximum atomic E-state index is 12.7. The van der Waals surface area contributed by atoms with Crippen LogP contribution in [0, 0.1) is 10.8 Å². The number of hydrogen-bond donors (Lipinski definition) is 1. The molecule has 0 fully saturated rings. The van der Waals surface area contributed by atoms with Crippen LogP contribution in [0.4, 0.5) is 0 Å². The van der Waals surface area contributed by atoms with E-state index >= 15 is 0 Å². The summed E-state index contributed by atoms with van der Waals surface area (Å²) in [4.78, 5) is 24.2. The third-order valence-corrected chi connectivity index (χ3v) is 6.28. The summed E-state index contributed by atoms with van der Waals surface area (Å²) in [6.07, 6.45) is 9.47. The number of aliphatic hydroxyl groups excluding tert-OH is 1. The molecule has 0 saturated carbocycles. The number of benzene rings is 1. The summed E-state index contributed by atoms with van der Waals surface area (Å²) in [5, 5.41) is 10.2. The van der Waals surface area contributed by atoms with Crippen molar-refractivity contribution < 1.29 is 14.7 Å². The Morgan fingerprint density at radius 2 is 1.28 bits per heavy atom. The molecule has 0 saturated heterocycles. The smallest absolute Gasteiger partial charge is 0.168 e. The Labute approximate surface area is 178 Å². The van der Waals surface area contributed by atoms with Crippen molar-refractivity contribution in [1.82, 2.24) is 0 Å². The molecule has 3 heteroatoms. The number of ketones is 2. The lowest BCUT2D eigenvalue weighted by Gasteiger charge is -2.23. The number of aliphatic hydroxyl groups is 1. The molecule has 0 spiro atoms. The minimum atomic E-state index is -0.340. The maximum absolute atomic E-state index is 12.7. The second-order valence-corrected chi connectivity index (χ2v) is 9.87. The molecule has 0 aromatic heterocycles. The van der Waals surface area contributed by atoms with Gasteiger partial charge in [-0.15, -0.1) is 0 Å². The van der Waals surface area contributed by atoms with Gasteiger partial charge in [0.05, 0.1) is 6.10 Å². The standard InChI is InChI=1S/C26H42O3/c1-21(27)25(2,3)19-13-7-11-17-23(28)18-12-8-14-20-26(4,5)24(29)22-15-9-6-10-16-22/h6,9-10,15-16,23,28H,7-8,11-14,17-20H2,1-5H3. The van der Waals surface area contributed by atoms with Crippen molar-refractivity contribution in [3.8, 4) is 0 Å². The molecule has 0 aliphatic carbocycles. The Balaban J connectivity index is 2.13. The van der Waals surface area contributed by atoms with Crippen LogP contribution in [0.25, 0.3) is 0 Å². The minimum absolute atomic E-state index is 0.214. The highest BCUT2D eigenvalue weighted by atomic mass is 16.3. The van der Waals surface area contributed by atoms with Crippen molar-refractivity contribution in [1.29, 1.82) is 0 Å². The zero-order valence-electron chi connectivity index (χ0n) is 19.3. The van der Waals surface area contributed by atoms with Gasteiger partial charge in [0.25, 0.3) is 0 Å². The summed E-state index contributed by atoms with van der Waals surface area (Å²) in [6.45, 7) is 9.76. The van der Waals surface area contributed by atoms with Gasteiger partial charge in [-0.05, 0) is 32.6 Å². The molecule has 1 aromatic carbocycles. The van der Waals surface area contributed by atoms with E-state index in [-0.39, 0.29) is 28.5 Å². The van der Waals surface area contributed by atoms with Crippen LogP contribution in [0.2, 0.25) is 0 Å². The normalized spacial score (nSPS) is 13.3. The van der Waals surface area contributed by atoms with Gasteiger partial charge in [0, 0.05) is 16.4 Å². The summed E-state index contributed by atoms with van der Waals surface area (Å²) >= 11 is 0. The van der Waals surface area contributed by atoms with Crippen LogP contribution in [0.15, 0.2) is 30.3 Å². The van der Waals surface area contributed by atoms with Gasteiger partial charge in [0.15, 0.2) is 5.78 Å². The highest BCUT2D eigenvalue weighted by Crippen LogP contribution is 2.29. The van der Waals surface area contributed by atoms with E-state index in [1.807, 2.05) is 58.0 Å². The highest BCUT2D eigenvalue weighted by molar-refractivity contribution is 5.99. The molecule has 0 bridgehead atoms. The van der Waals surface area contributed by atoms with Gasteiger partial charge in [-0.1, -0.05) is 96.6 Å². The molecule has 0 aliphatic heterocycles. The van der Waals surface area contributed by atoms with Crippen molar-refractivity contribution in [3.05, 3.63) is 35.9 Å². The molecule has 3 nitrogen and oxygen atoms in total. The molecule has 164 valence electrons. The Bertz CT molecular complexity index is 616. The molecular weight excluding hydrogens is 360 g/mol. The quantitative estimate of drug-likeness (QED) is 0.260. The number of rotatable bonds is 15. The number of Topliss-reactive ketones (excluding diaryl/α,β-unsaturated/α-hetero) is 2. The average molecular weight is 403 g/mol. The number of carbonyl (C=O) groups excluding carboxylic acids is 2. The van der Waals surface area contributed by atoms with Crippen LogP contribution in [0.3, 0.4) is 0 Å². The van der Waals surface area contributed by atoms with Crippen LogP contribution in [-0.4, -0.2) is 22.8 Å². The van der Waals surface area contributed by atoms with Gasteiger partial charge in [0.2, 0.25) is 0 Å². The first-order valence-electron chi connectivity index (χ1n) is 11.4. The number of hydrogen-bond acceptors (Lipinski definition) is 3. The predicted octanol–water partition coefficient (Wildman–Crippen LogP) is 6.77. The van der Waals surface area contributed by atoms with Crippen LogP contribution in [0.1, 0.15) is 109 Å². The molecule has 0 radical (unpaired) electrons. The monoisotopic (exact) mass is 402 g/mol. The predicted molar refractivity (Wildman–Crippen MR) is 121 cm³/mol. The molecule has 1 atom stereocenters. The second kappa shape index (κ2) is 12.3. The fourth-order valence-corrected chi connectivity index (χ4v) is 3.66. The van der Waals surface area contributed by atoms with Gasteiger partial charge in [0.1, 0.15) is 5.78 Å². The van der Waals surface area contributed by atoms with E-state index in [1.54, 1.807) is 6.92 Å². The molecule has 29 heavy (non-hydrogen) atoms. The lowest BCUT2D eigenvalue weighted by Crippen LogP contribution is -2.24. The van der Waals surface area contributed by atoms with Crippen molar-refractivity contribution in [2.75, 3.05) is 0 Å². The van der Waals surface area contributed by atoms with E-state index in [1.165, 1.54) is 0 Å². The Kier molecular flexibility index (Phi) is 10.8. The summed E-state index contributed by atoms with van der Waals surface area (Å²) in [7, 11) is 0. The lowest BCUT2D eigenvalue weighted by atomic mass is 9.80. The van der Waals surface area contributed by atoms with Gasteiger partial charge in [-0.2, -0.15) is 0 Å². The van der Waals surface area contributed by atoms with Gasteiger partial charge in [-0.3, -0.25) is 9.59 Å². The molecule has 1 N–H and O–H groups in total. The average Bonchev–Trinajstić information content (AvgIpc) is 2.67. The van der Waals surface area contributed by atoms with E-state index in [4.69, 9.17) is 0 Å². The van der Waals surface area contributed by atoms with Crippen LogP contribution in [-0.2, 0) is 4.79 Å². The van der Waals surface area contributed by atoms with E-state index in [9.17, 15) is 14.7 Å². The van der Waals surface area contributed by atoms with Crippen LogP contribution in [0.5, 0.6) is 0 Å². The molecular formula is C26H42O3. The fourth-order valence-electron chi connectivity index (χ4n) is 3.66. The molecule has 1 unspecified atom stereocenters. The molecule has 1 aromatic rings. The van der Waals surface area contributed by atoms with Crippen LogP contribution < -0.4 is 0 Å². The molecule has 0 amide bonds. The second-order valence-electron chi connectivity index (χ2n) is 9.87. The first-order chi connectivity index (χ1) is 13.6. The van der Waals surface area contributed by atoms with E-state index in [2.05, 4.69) is 0 Å². The zero-order valence-corrected chi connectivity index (χ0v) is 19.3. The summed E-state index contributed by atoms with van der Waals surface area (Å²) in [5.74, 6) is 0.470. The summed E-state index contributed by atoms with van der Waals surface area (Å²) < 4.78 is 0. The molecule has 0 heterocycles. The first kappa shape index (κ1) is 25.6. The van der Waals surface area contributed by atoms with Gasteiger partial charge < -0.3 is 5.11 Å². The first-order valence-corrected chi connectivity index (χ1v) is 11.4. The molecule has 0 aliphatic rings. The fraction of sp³-hybridized carbons (Fsp3) is 0.692. The minimum Gasteiger partial charge on any atom is -0.393 e. The Hall–Kier alpha value is -1.48. The van der Waals surface area contributed by atoms with E-state index < -0.39 is 0 Å². The summed E-state index contributed by atoms with van der Waals surface area (Å²) in [5.41, 5.74) is 0.238. The van der Waals surface area contributed by atoms with E-state index in [0.29, 0.717) is 0 Å². The third kappa shape index (κ3) is 9.71. The number of carbonyl (C=O) groups is 2. The van der Waals surface area contributed by atoms with Crippen molar-refractivity contribution >= 4 is 11.6 Å². The maximum Gasteiger partial charge on any atom is 0.168 e. The summed E-state index contributed by atoms with van der Waals surface area (Å²) in [6, 6.07) is 9.54. The largest absolute Gasteiger partial charge is 0.393 e. The van der Waals surface area contributed by atoms with Crippen molar-refractivity contribution in [3.63, 3.8) is 0 Å². The van der Waals surface area contributed by atoms with Gasteiger partial charge >= 0.3 is 0 Å². The van der Waals surface area contributed by atoms with Crippen LogP contribution >= 0.6 is 0 Å². The topological polar surface area (TPSA) is 54.4 Å². The highest BCUT2D eigenvalue weighted by Gasteiger charge is 2.27. The van der Waals surface area contributed by atoms with E-state index in [0.717, 1.165) is 69.8 Å². The van der Waals surface area contributed by atoms with Gasteiger partial charge in [-0.25, -0.2) is 0 Å². The SMILES string of the molecule is CC(=O)C(C)(C)CCCCCC(O)CCCCCC(C)(C)C(=O)c1ccccc1. The zero-order chi connectivity index (χ0) is 21.9. The van der Waals surface area contributed by atoms with Crippen molar-refractivity contribution in [2.45, 2.75) is 105 Å². The lowest BCUT2D eigenvalue weighted by molar-refractivity contribution is -0.125. The number of unbranched alkanes of at least 4 members (excludes halogenated alkanes) is 4.